The summed E-state index contributed by atoms with van der Waals surface area (Å²) in [6, 6.07) is 0. The molecular formula is C8H20AlClN2. The van der Waals surface area contributed by atoms with E-state index in [1.165, 1.54) is 0 Å². The van der Waals surface area contributed by atoms with Crippen LogP contribution in [0.2, 0.25) is 0 Å². The molecule has 0 unspecified atom stereocenters. The summed E-state index contributed by atoms with van der Waals surface area (Å²) >= 11 is 1.89. The van der Waals surface area contributed by atoms with Gasteiger partial charge in [0, 0.05) is 0 Å². The van der Waals surface area contributed by atoms with E-state index in [1.807, 2.05) is 43.1 Å². The maximum atomic E-state index is 4.56. The first-order chi connectivity index (χ1) is 5.83. The van der Waals surface area contributed by atoms with E-state index in [2.05, 4.69) is 20.7 Å². The molecule has 0 N–H and O–H groups in total. The van der Waals surface area contributed by atoms with E-state index in [-0.39, 0.29) is 0 Å². The first kappa shape index (κ1) is 18.5. The number of rotatable bonds is 4. The Balaban J connectivity index is -0.000000112. The molecule has 0 saturated carbocycles. The number of hydrogen-bond donors (Lipinski definition) is 0. The SMILES string of the molecule is CC[N-]CC.CC[N-]CC.[Al+2][Cl]. The van der Waals surface area contributed by atoms with E-state index in [0.717, 1.165) is 26.2 Å². The van der Waals surface area contributed by atoms with Crippen molar-refractivity contribution >= 4 is 25.4 Å². The Hall–Kier alpha value is 0.742. The molecule has 0 heterocycles. The van der Waals surface area contributed by atoms with Gasteiger partial charge >= 0.3 is 25.4 Å². The van der Waals surface area contributed by atoms with Gasteiger partial charge in [0.15, 0.2) is 0 Å². The number of hydrogen-bond acceptors (Lipinski definition) is 0. The quantitative estimate of drug-likeness (QED) is 0.633. The normalized spacial score (nSPS) is 7.58. The van der Waals surface area contributed by atoms with Crippen molar-refractivity contribution in [2.45, 2.75) is 27.7 Å². The summed E-state index contributed by atoms with van der Waals surface area (Å²) in [4.78, 5) is 0. The molecule has 0 aliphatic rings. The molecule has 0 saturated heterocycles. The Morgan fingerprint density at radius 3 is 0.917 bits per heavy atom. The molecule has 0 aromatic carbocycles. The van der Waals surface area contributed by atoms with Crippen molar-refractivity contribution in [3.63, 3.8) is 0 Å². The topological polar surface area (TPSA) is 28.2 Å². The Morgan fingerprint density at radius 2 is 0.917 bits per heavy atom. The van der Waals surface area contributed by atoms with Crippen LogP contribution in [0.25, 0.3) is 10.6 Å². The van der Waals surface area contributed by atoms with Gasteiger partial charge in [-0.15, -0.1) is 0 Å². The van der Waals surface area contributed by atoms with Gasteiger partial charge < -0.3 is 10.6 Å². The second-order valence-corrected chi connectivity index (χ2v) is 1.71. The van der Waals surface area contributed by atoms with E-state index >= 15 is 0 Å². The van der Waals surface area contributed by atoms with E-state index in [1.54, 1.807) is 0 Å². The van der Waals surface area contributed by atoms with Crippen LogP contribution in [0.5, 0.6) is 0 Å². The summed E-state index contributed by atoms with van der Waals surface area (Å²) < 4.78 is 0. The summed E-state index contributed by atoms with van der Waals surface area (Å²) in [6.07, 6.45) is 0. The first-order valence-corrected chi connectivity index (χ1v) is 6.06. The molecule has 12 heavy (non-hydrogen) atoms. The molecule has 0 aliphatic heterocycles. The number of halogens is 1. The molecule has 0 aliphatic carbocycles. The monoisotopic (exact) mass is 206 g/mol. The van der Waals surface area contributed by atoms with Crippen LogP contribution in [0.4, 0.5) is 0 Å². The molecule has 4 heteroatoms. The van der Waals surface area contributed by atoms with Gasteiger partial charge in [0.05, 0.1) is 0 Å². The molecule has 0 spiro atoms. The fourth-order valence-electron chi connectivity index (χ4n) is 0.447. The predicted octanol–water partition coefficient (Wildman–Crippen LogP) is 3.11. The average molecular weight is 207 g/mol. The second-order valence-electron chi connectivity index (χ2n) is 1.71. The summed E-state index contributed by atoms with van der Waals surface area (Å²) in [5.74, 6) is 0. The predicted molar refractivity (Wildman–Crippen MR) is 60.5 cm³/mol. The molecular weight excluding hydrogens is 187 g/mol. The van der Waals surface area contributed by atoms with Crippen LogP contribution >= 0.6 is 10.0 Å². The third-order valence-corrected chi connectivity index (χ3v) is 0.894. The van der Waals surface area contributed by atoms with Crippen molar-refractivity contribution in [2.24, 2.45) is 0 Å². The van der Waals surface area contributed by atoms with Crippen LogP contribution in [0.1, 0.15) is 27.7 Å². The summed E-state index contributed by atoms with van der Waals surface area (Å²) in [5.41, 5.74) is 0. The van der Waals surface area contributed by atoms with Gasteiger partial charge in [-0.2, -0.15) is 26.2 Å². The fraction of sp³-hybridized carbons (Fsp3) is 1.00. The zero-order valence-corrected chi connectivity index (χ0v) is 10.6. The van der Waals surface area contributed by atoms with Crippen LogP contribution in [0.3, 0.4) is 0 Å². The van der Waals surface area contributed by atoms with Crippen LogP contribution in [-0.4, -0.2) is 41.5 Å². The van der Waals surface area contributed by atoms with Crippen LogP contribution in [0.15, 0.2) is 0 Å². The fourth-order valence-corrected chi connectivity index (χ4v) is 0.447. The minimum absolute atomic E-state index is 0.969. The molecule has 0 rings (SSSR count). The molecule has 72 valence electrons. The maximum absolute atomic E-state index is 4.56. The zero-order chi connectivity index (χ0) is 10.2. The Bertz CT molecular complexity index is 38.0. The van der Waals surface area contributed by atoms with Crippen LogP contribution in [0, 0.1) is 0 Å². The molecule has 0 aromatic rings. The molecule has 0 amide bonds. The zero-order valence-electron chi connectivity index (χ0n) is 8.68. The van der Waals surface area contributed by atoms with E-state index < -0.39 is 0 Å². The Labute approximate surface area is 90.1 Å². The first-order valence-electron chi connectivity index (χ1n) is 4.31. The number of nitrogens with zero attached hydrogens (tertiary/aromatic N) is 2. The molecule has 0 fully saturated rings. The molecule has 0 bridgehead atoms. The third-order valence-electron chi connectivity index (χ3n) is 0.894. The van der Waals surface area contributed by atoms with Crippen molar-refractivity contribution in [3.05, 3.63) is 10.6 Å². The summed E-state index contributed by atoms with van der Waals surface area (Å²) in [7, 11) is 4.56. The van der Waals surface area contributed by atoms with Gasteiger partial charge in [0.25, 0.3) is 0 Å². The van der Waals surface area contributed by atoms with Gasteiger partial charge in [0.1, 0.15) is 0 Å². The Kier molecular flexibility index (Phi) is 46.0. The Morgan fingerprint density at radius 1 is 0.750 bits per heavy atom. The van der Waals surface area contributed by atoms with Gasteiger partial charge in [-0.1, -0.05) is 27.7 Å². The molecule has 0 atom stereocenters. The van der Waals surface area contributed by atoms with E-state index in [9.17, 15) is 0 Å². The van der Waals surface area contributed by atoms with Gasteiger partial charge in [-0.05, 0) is 0 Å². The standard InChI is InChI=1S/2C4H10N.Al.ClH/c2*1-3-5-4-2;;/h2*3-4H2,1-2H3;;1H/q2*-1;+3;/p-1. The van der Waals surface area contributed by atoms with Gasteiger partial charge in [0.2, 0.25) is 0 Å². The average Bonchev–Trinajstić information content (AvgIpc) is 2.12. The third kappa shape index (κ3) is 45.3. The van der Waals surface area contributed by atoms with Crippen molar-refractivity contribution in [1.82, 2.24) is 0 Å². The van der Waals surface area contributed by atoms with Gasteiger partial charge in [-0.3, -0.25) is 0 Å². The molecule has 2 nitrogen and oxygen atoms in total. The van der Waals surface area contributed by atoms with Gasteiger partial charge in [-0.25, -0.2) is 0 Å². The van der Waals surface area contributed by atoms with Crippen molar-refractivity contribution < 1.29 is 0 Å². The van der Waals surface area contributed by atoms with Crippen LogP contribution in [-0.2, 0) is 0 Å². The van der Waals surface area contributed by atoms with E-state index in [4.69, 9.17) is 0 Å². The van der Waals surface area contributed by atoms with Crippen LogP contribution < -0.4 is 0 Å². The second kappa shape index (κ2) is 29.8. The summed E-state index contributed by atoms with van der Waals surface area (Å²) in [6.45, 7) is 12.1. The van der Waals surface area contributed by atoms with Crippen molar-refractivity contribution in [1.29, 1.82) is 0 Å². The minimum atomic E-state index is 0.969. The van der Waals surface area contributed by atoms with Crippen molar-refractivity contribution in [2.75, 3.05) is 26.2 Å². The van der Waals surface area contributed by atoms with Crippen molar-refractivity contribution in [3.8, 4) is 0 Å². The molecule has 0 radical (unpaired) electrons. The van der Waals surface area contributed by atoms with E-state index in [0.29, 0.717) is 0 Å². The molecule has 0 aromatic heterocycles. The summed E-state index contributed by atoms with van der Waals surface area (Å²) in [5, 5.41) is 7.94.